The summed E-state index contributed by atoms with van der Waals surface area (Å²) in [6, 6.07) is 13.2. The number of halogens is 1. The lowest BCUT2D eigenvalue weighted by molar-refractivity contribution is -0.124. The summed E-state index contributed by atoms with van der Waals surface area (Å²) in [7, 11) is 3.22. The van der Waals surface area contributed by atoms with Gasteiger partial charge >= 0.3 is 0 Å². The van der Waals surface area contributed by atoms with Gasteiger partial charge in [0, 0.05) is 18.1 Å². The fraction of sp³-hybridized carbons (Fsp3) is 0.350. The molecule has 3 N–H and O–H groups in total. The number of carbonyl (C=O) groups is 1. The third kappa shape index (κ3) is 4.71. The van der Waals surface area contributed by atoms with Crippen molar-refractivity contribution in [2.45, 2.75) is 12.5 Å². The van der Waals surface area contributed by atoms with Crippen molar-refractivity contribution >= 4 is 17.5 Å². The van der Waals surface area contributed by atoms with Gasteiger partial charge < -0.3 is 14.8 Å². The monoisotopic (exact) mass is 389 g/mol. The molecule has 1 amide bonds. The Bertz CT molecular complexity index is 800. The third-order valence-corrected chi connectivity index (χ3v) is 4.92. The average Bonchev–Trinajstić information content (AvgIpc) is 3.17. The van der Waals surface area contributed by atoms with E-state index in [0.29, 0.717) is 36.0 Å². The molecule has 144 valence electrons. The van der Waals surface area contributed by atoms with Gasteiger partial charge in [-0.05, 0) is 41.8 Å². The molecule has 1 aliphatic rings. The first-order valence-electron chi connectivity index (χ1n) is 8.85. The van der Waals surface area contributed by atoms with Crippen LogP contribution >= 0.6 is 11.6 Å². The molecule has 2 atom stereocenters. The zero-order valence-electron chi connectivity index (χ0n) is 15.4. The molecule has 7 heteroatoms. The van der Waals surface area contributed by atoms with Crippen LogP contribution in [0.1, 0.15) is 17.2 Å². The highest BCUT2D eigenvalue weighted by Gasteiger charge is 2.33. The molecular formula is C20H24ClN3O3. The molecule has 1 fully saturated rings. The Balaban J connectivity index is 1.57. The smallest absolute Gasteiger partial charge is 0.226 e. The molecular weight excluding hydrogens is 366 g/mol. The van der Waals surface area contributed by atoms with Crippen molar-refractivity contribution in [2.24, 2.45) is 5.92 Å². The largest absolute Gasteiger partial charge is 0.493 e. The van der Waals surface area contributed by atoms with Crippen molar-refractivity contribution in [3.63, 3.8) is 0 Å². The van der Waals surface area contributed by atoms with E-state index in [-0.39, 0.29) is 17.9 Å². The molecule has 1 aliphatic heterocycles. The summed E-state index contributed by atoms with van der Waals surface area (Å²) in [5, 5.41) is 3.69. The molecule has 3 rings (SSSR count). The predicted molar refractivity (Wildman–Crippen MR) is 105 cm³/mol. The molecule has 2 aromatic rings. The molecule has 0 bridgehead atoms. The summed E-state index contributed by atoms with van der Waals surface area (Å²) < 4.78 is 10.6. The van der Waals surface area contributed by atoms with Crippen LogP contribution in [-0.2, 0) is 11.2 Å². The summed E-state index contributed by atoms with van der Waals surface area (Å²) >= 11 is 6.08. The Morgan fingerprint density at radius 2 is 2.00 bits per heavy atom. The Morgan fingerprint density at radius 1 is 1.19 bits per heavy atom. The second-order valence-corrected chi connectivity index (χ2v) is 6.83. The maximum absolute atomic E-state index is 12.7. The van der Waals surface area contributed by atoms with Gasteiger partial charge in [0.2, 0.25) is 5.91 Å². The number of ether oxygens (including phenoxy) is 2. The highest BCUT2D eigenvalue weighted by Crippen LogP contribution is 2.28. The lowest BCUT2D eigenvalue weighted by Gasteiger charge is -2.19. The first-order valence-corrected chi connectivity index (χ1v) is 9.22. The summed E-state index contributed by atoms with van der Waals surface area (Å²) in [5.74, 6) is 1.19. The lowest BCUT2D eigenvalue weighted by Crippen LogP contribution is -2.36. The molecule has 1 saturated heterocycles. The van der Waals surface area contributed by atoms with Gasteiger partial charge in [-0.25, -0.2) is 5.43 Å². The zero-order valence-corrected chi connectivity index (χ0v) is 16.2. The van der Waals surface area contributed by atoms with Crippen molar-refractivity contribution in [1.29, 1.82) is 0 Å². The molecule has 0 spiro atoms. The molecule has 6 nitrogen and oxygen atoms in total. The fourth-order valence-corrected chi connectivity index (χ4v) is 3.45. The Kier molecular flexibility index (Phi) is 6.55. The highest BCUT2D eigenvalue weighted by molar-refractivity contribution is 6.30. The van der Waals surface area contributed by atoms with Gasteiger partial charge in [-0.3, -0.25) is 10.2 Å². The molecule has 2 unspecified atom stereocenters. The van der Waals surface area contributed by atoms with E-state index in [4.69, 9.17) is 21.1 Å². The van der Waals surface area contributed by atoms with E-state index < -0.39 is 0 Å². The maximum Gasteiger partial charge on any atom is 0.226 e. The molecule has 0 radical (unpaired) electrons. The first-order chi connectivity index (χ1) is 13.1. The Labute approximate surface area is 164 Å². The second kappa shape index (κ2) is 9.08. The number of benzene rings is 2. The van der Waals surface area contributed by atoms with Gasteiger partial charge in [0.25, 0.3) is 0 Å². The van der Waals surface area contributed by atoms with Gasteiger partial charge in [-0.2, -0.15) is 0 Å². The standard InChI is InChI=1S/C20H24ClN3O3/c1-26-17-7-6-13(10-18(17)27-2)8-9-22-20(25)16-12-23-24-19(16)14-4-3-5-15(21)11-14/h3-7,10-11,16,19,23-24H,8-9,12H2,1-2H3,(H,22,25). The number of carbonyl (C=O) groups excluding carboxylic acids is 1. The molecule has 0 aliphatic carbocycles. The second-order valence-electron chi connectivity index (χ2n) is 6.39. The molecule has 0 saturated carbocycles. The van der Waals surface area contributed by atoms with Crippen LogP contribution < -0.4 is 25.6 Å². The van der Waals surface area contributed by atoms with Crippen molar-refractivity contribution < 1.29 is 14.3 Å². The van der Waals surface area contributed by atoms with Crippen LogP contribution in [-0.4, -0.2) is 33.2 Å². The number of nitrogens with one attached hydrogen (secondary N) is 3. The van der Waals surface area contributed by atoms with Crippen LogP contribution in [0.3, 0.4) is 0 Å². The molecule has 27 heavy (non-hydrogen) atoms. The zero-order chi connectivity index (χ0) is 19.2. The van der Waals surface area contributed by atoms with Gasteiger partial charge in [-0.15, -0.1) is 0 Å². The number of hydrogen-bond donors (Lipinski definition) is 3. The lowest BCUT2D eigenvalue weighted by atomic mass is 9.94. The molecule has 0 aromatic heterocycles. The van der Waals surface area contributed by atoms with E-state index in [9.17, 15) is 4.79 Å². The minimum absolute atomic E-state index is 0.0120. The van der Waals surface area contributed by atoms with E-state index in [2.05, 4.69) is 16.2 Å². The fourth-order valence-electron chi connectivity index (χ4n) is 3.25. The van der Waals surface area contributed by atoms with Gasteiger partial charge in [-0.1, -0.05) is 29.8 Å². The number of amides is 1. The number of rotatable bonds is 7. The van der Waals surface area contributed by atoms with Crippen molar-refractivity contribution in [1.82, 2.24) is 16.2 Å². The van der Waals surface area contributed by atoms with Gasteiger partial charge in [0.05, 0.1) is 26.2 Å². The van der Waals surface area contributed by atoms with E-state index in [0.717, 1.165) is 11.1 Å². The number of hydrogen-bond acceptors (Lipinski definition) is 5. The number of hydrazine groups is 1. The highest BCUT2D eigenvalue weighted by atomic mass is 35.5. The van der Waals surface area contributed by atoms with E-state index in [1.54, 1.807) is 14.2 Å². The van der Waals surface area contributed by atoms with E-state index in [1.807, 2.05) is 42.5 Å². The molecule has 2 aromatic carbocycles. The quantitative estimate of drug-likeness (QED) is 0.678. The number of methoxy groups -OCH3 is 2. The van der Waals surface area contributed by atoms with Crippen LogP contribution in [0.25, 0.3) is 0 Å². The van der Waals surface area contributed by atoms with Crippen molar-refractivity contribution in [3.8, 4) is 11.5 Å². The third-order valence-electron chi connectivity index (χ3n) is 4.69. The van der Waals surface area contributed by atoms with E-state index >= 15 is 0 Å². The van der Waals surface area contributed by atoms with Crippen molar-refractivity contribution in [3.05, 3.63) is 58.6 Å². The van der Waals surface area contributed by atoms with Gasteiger partial charge in [0.1, 0.15) is 0 Å². The predicted octanol–water partition coefficient (Wildman–Crippen LogP) is 2.48. The van der Waals surface area contributed by atoms with Crippen LogP contribution in [0.4, 0.5) is 0 Å². The average molecular weight is 390 g/mol. The summed E-state index contributed by atoms with van der Waals surface area (Å²) in [4.78, 5) is 12.7. The molecule has 1 heterocycles. The minimum Gasteiger partial charge on any atom is -0.493 e. The van der Waals surface area contributed by atoms with Crippen molar-refractivity contribution in [2.75, 3.05) is 27.3 Å². The van der Waals surface area contributed by atoms with Gasteiger partial charge in [0.15, 0.2) is 11.5 Å². The summed E-state index contributed by atoms with van der Waals surface area (Å²) in [5.41, 5.74) is 8.30. The topological polar surface area (TPSA) is 71.6 Å². The minimum atomic E-state index is -0.200. The first kappa shape index (κ1) is 19.5. The SMILES string of the molecule is COc1ccc(CCNC(=O)C2CNNC2c2cccc(Cl)c2)cc1OC. The normalized spacial score (nSPS) is 18.9. The van der Waals surface area contributed by atoms with Crippen LogP contribution in [0, 0.1) is 5.92 Å². The maximum atomic E-state index is 12.7. The Morgan fingerprint density at radius 3 is 2.74 bits per heavy atom. The van der Waals surface area contributed by atoms with Crippen LogP contribution in [0.5, 0.6) is 11.5 Å². The summed E-state index contributed by atoms with van der Waals surface area (Å²) in [6.45, 7) is 1.12. The summed E-state index contributed by atoms with van der Waals surface area (Å²) in [6.07, 6.45) is 0.710. The van der Waals surface area contributed by atoms with Crippen LogP contribution in [0.15, 0.2) is 42.5 Å². The van der Waals surface area contributed by atoms with Crippen LogP contribution in [0.2, 0.25) is 5.02 Å². The Hall–Kier alpha value is -2.28. The van der Waals surface area contributed by atoms with E-state index in [1.165, 1.54) is 0 Å².